The molecule has 0 heterocycles. The average molecular weight is 235 g/mol. The van der Waals surface area contributed by atoms with Crippen molar-refractivity contribution in [2.24, 2.45) is 35.5 Å². The van der Waals surface area contributed by atoms with E-state index in [1.165, 1.54) is 19.3 Å². The van der Waals surface area contributed by atoms with Crippen LogP contribution in [-0.2, 0) is 4.79 Å². The highest BCUT2D eigenvalue weighted by Gasteiger charge is 2.67. The number of nitrogens with one attached hydrogen (secondary N) is 1. The van der Waals surface area contributed by atoms with E-state index >= 15 is 0 Å². The molecule has 4 saturated carbocycles. The maximum Gasteiger partial charge on any atom is 0.223 e. The smallest absolute Gasteiger partial charge is 0.223 e. The van der Waals surface area contributed by atoms with Crippen LogP contribution in [0.25, 0.3) is 0 Å². The van der Waals surface area contributed by atoms with Crippen molar-refractivity contribution in [3.63, 3.8) is 0 Å². The lowest BCUT2D eigenvalue weighted by Crippen LogP contribution is -2.39. The molecule has 4 aliphatic rings. The Labute approximate surface area is 102 Å². The van der Waals surface area contributed by atoms with E-state index < -0.39 is 0 Å². The lowest BCUT2D eigenvalue weighted by Gasteiger charge is -2.31. The number of carbonyl (C=O) groups is 1. The maximum absolute atomic E-state index is 12.1. The molecule has 4 unspecified atom stereocenters. The fourth-order valence-electron chi connectivity index (χ4n) is 4.91. The molecule has 4 fully saturated rings. The summed E-state index contributed by atoms with van der Waals surface area (Å²) in [6.45, 7) is 0.793. The Morgan fingerprint density at radius 3 is 2.35 bits per heavy atom. The molecule has 2 N–H and O–H groups in total. The third-order valence-corrected chi connectivity index (χ3v) is 5.81. The Hall–Kier alpha value is -0.570. The van der Waals surface area contributed by atoms with Crippen molar-refractivity contribution < 1.29 is 9.90 Å². The first-order valence-corrected chi connectivity index (χ1v) is 7.20. The van der Waals surface area contributed by atoms with Gasteiger partial charge < -0.3 is 10.4 Å². The zero-order chi connectivity index (χ0) is 11.6. The SMILES string of the molecule is O=C(NCC1CC(O)C1)C1C2C3CCC(C3)C12. The van der Waals surface area contributed by atoms with Crippen LogP contribution in [0.3, 0.4) is 0 Å². The number of aliphatic hydroxyl groups is 1. The standard InChI is InChI=1S/C14H21NO2/c16-10-3-7(4-10)6-15-14(17)13-11-8-1-2-9(5-8)12(11)13/h7-13,16H,1-6H2,(H,15,17). The minimum Gasteiger partial charge on any atom is -0.393 e. The van der Waals surface area contributed by atoms with Crippen molar-refractivity contribution in [3.05, 3.63) is 0 Å². The highest BCUT2D eigenvalue weighted by Crippen LogP contribution is 2.69. The van der Waals surface area contributed by atoms with E-state index in [0.717, 1.165) is 43.1 Å². The van der Waals surface area contributed by atoms with Gasteiger partial charge in [-0.1, -0.05) is 0 Å². The lowest BCUT2D eigenvalue weighted by molar-refractivity contribution is -0.123. The fourth-order valence-corrected chi connectivity index (χ4v) is 4.91. The van der Waals surface area contributed by atoms with Gasteiger partial charge in [0.15, 0.2) is 0 Å². The number of fused-ring (bicyclic) bond motifs is 5. The van der Waals surface area contributed by atoms with E-state index in [1.807, 2.05) is 0 Å². The first-order valence-electron chi connectivity index (χ1n) is 7.20. The largest absolute Gasteiger partial charge is 0.393 e. The summed E-state index contributed by atoms with van der Waals surface area (Å²) in [6, 6.07) is 0. The Morgan fingerprint density at radius 1 is 1.12 bits per heavy atom. The second-order valence-corrected chi connectivity index (χ2v) is 6.75. The molecule has 0 aromatic heterocycles. The van der Waals surface area contributed by atoms with Gasteiger partial charge in [-0.15, -0.1) is 0 Å². The summed E-state index contributed by atoms with van der Waals surface area (Å²) >= 11 is 0. The average Bonchev–Trinajstić information content (AvgIpc) is 2.72. The Balaban J connectivity index is 1.28. The van der Waals surface area contributed by atoms with Crippen LogP contribution < -0.4 is 5.32 Å². The van der Waals surface area contributed by atoms with Crippen molar-refractivity contribution >= 4 is 5.91 Å². The second kappa shape index (κ2) is 3.47. The maximum atomic E-state index is 12.1. The number of carbonyl (C=O) groups excluding carboxylic acids is 1. The summed E-state index contributed by atoms with van der Waals surface area (Å²) in [5.74, 6) is 4.48. The van der Waals surface area contributed by atoms with Gasteiger partial charge in [0.1, 0.15) is 0 Å². The highest BCUT2D eigenvalue weighted by atomic mass is 16.3. The van der Waals surface area contributed by atoms with E-state index in [2.05, 4.69) is 5.32 Å². The van der Waals surface area contributed by atoms with Gasteiger partial charge >= 0.3 is 0 Å². The zero-order valence-corrected chi connectivity index (χ0v) is 10.1. The Bertz CT molecular complexity index is 334. The molecular formula is C14H21NO2. The molecule has 3 heteroatoms. The number of amides is 1. The quantitative estimate of drug-likeness (QED) is 0.771. The number of rotatable bonds is 3. The van der Waals surface area contributed by atoms with Gasteiger partial charge in [-0.2, -0.15) is 0 Å². The van der Waals surface area contributed by atoms with E-state index in [-0.39, 0.29) is 6.10 Å². The predicted molar refractivity (Wildman–Crippen MR) is 63.0 cm³/mol. The van der Waals surface area contributed by atoms with E-state index in [0.29, 0.717) is 17.7 Å². The van der Waals surface area contributed by atoms with Gasteiger partial charge in [-0.25, -0.2) is 0 Å². The Kier molecular flexibility index (Phi) is 2.11. The normalized spacial score (nSPS) is 54.1. The zero-order valence-electron chi connectivity index (χ0n) is 10.1. The van der Waals surface area contributed by atoms with Crippen molar-refractivity contribution in [2.75, 3.05) is 6.54 Å². The van der Waals surface area contributed by atoms with E-state index in [9.17, 15) is 9.90 Å². The monoisotopic (exact) mass is 235 g/mol. The molecule has 0 aromatic carbocycles. The molecular weight excluding hydrogens is 214 g/mol. The molecule has 1 amide bonds. The minimum absolute atomic E-state index is 0.104. The summed E-state index contributed by atoms with van der Waals surface area (Å²) < 4.78 is 0. The summed E-state index contributed by atoms with van der Waals surface area (Å²) in [5.41, 5.74) is 0. The molecule has 2 bridgehead atoms. The summed E-state index contributed by atoms with van der Waals surface area (Å²) in [6.07, 6.45) is 5.82. The molecule has 0 aromatic rings. The van der Waals surface area contributed by atoms with Gasteiger partial charge in [0, 0.05) is 12.5 Å². The Morgan fingerprint density at radius 2 is 1.76 bits per heavy atom. The lowest BCUT2D eigenvalue weighted by atomic mass is 9.82. The van der Waals surface area contributed by atoms with E-state index in [4.69, 9.17) is 0 Å². The molecule has 4 atom stereocenters. The molecule has 94 valence electrons. The summed E-state index contributed by atoms with van der Waals surface area (Å²) in [5, 5.41) is 12.3. The predicted octanol–water partition coefficient (Wildman–Crippen LogP) is 1.17. The minimum atomic E-state index is -0.104. The third-order valence-electron chi connectivity index (χ3n) is 5.81. The first kappa shape index (κ1) is 10.4. The van der Waals surface area contributed by atoms with Gasteiger partial charge in [0.25, 0.3) is 0 Å². The second-order valence-electron chi connectivity index (χ2n) is 6.75. The van der Waals surface area contributed by atoms with Gasteiger partial charge in [0.05, 0.1) is 6.10 Å². The fraction of sp³-hybridized carbons (Fsp3) is 0.929. The van der Waals surface area contributed by atoms with Crippen LogP contribution in [0, 0.1) is 35.5 Å². The van der Waals surface area contributed by atoms with Crippen molar-refractivity contribution in [1.29, 1.82) is 0 Å². The van der Waals surface area contributed by atoms with Crippen molar-refractivity contribution in [2.45, 2.75) is 38.2 Å². The number of hydrogen-bond acceptors (Lipinski definition) is 2. The van der Waals surface area contributed by atoms with Crippen LogP contribution in [0.5, 0.6) is 0 Å². The topological polar surface area (TPSA) is 49.3 Å². The molecule has 0 radical (unpaired) electrons. The molecule has 0 spiro atoms. The van der Waals surface area contributed by atoms with Crippen molar-refractivity contribution in [3.8, 4) is 0 Å². The van der Waals surface area contributed by atoms with Crippen LogP contribution in [0.1, 0.15) is 32.1 Å². The molecule has 17 heavy (non-hydrogen) atoms. The molecule has 4 rings (SSSR count). The van der Waals surface area contributed by atoms with Crippen LogP contribution in [0.4, 0.5) is 0 Å². The molecule has 0 aliphatic heterocycles. The van der Waals surface area contributed by atoms with Crippen LogP contribution in [0.2, 0.25) is 0 Å². The van der Waals surface area contributed by atoms with Gasteiger partial charge in [-0.3, -0.25) is 4.79 Å². The number of hydrogen-bond donors (Lipinski definition) is 2. The van der Waals surface area contributed by atoms with Crippen LogP contribution in [0.15, 0.2) is 0 Å². The van der Waals surface area contributed by atoms with E-state index in [1.54, 1.807) is 0 Å². The molecule has 4 aliphatic carbocycles. The van der Waals surface area contributed by atoms with Gasteiger partial charge in [-0.05, 0) is 61.7 Å². The highest BCUT2D eigenvalue weighted by molar-refractivity contribution is 5.82. The number of aliphatic hydroxyl groups excluding tert-OH is 1. The van der Waals surface area contributed by atoms with Crippen LogP contribution in [-0.4, -0.2) is 23.7 Å². The summed E-state index contributed by atoms with van der Waals surface area (Å²) in [7, 11) is 0. The molecule has 0 saturated heterocycles. The first-order chi connectivity index (χ1) is 8.24. The summed E-state index contributed by atoms with van der Waals surface area (Å²) in [4.78, 5) is 12.1. The van der Waals surface area contributed by atoms with Crippen molar-refractivity contribution in [1.82, 2.24) is 5.32 Å². The van der Waals surface area contributed by atoms with Crippen LogP contribution >= 0.6 is 0 Å². The molecule has 3 nitrogen and oxygen atoms in total. The van der Waals surface area contributed by atoms with Gasteiger partial charge in [0.2, 0.25) is 5.91 Å². The third kappa shape index (κ3) is 1.48.